The van der Waals surface area contributed by atoms with Crippen LogP contribution in [0, 0.1) is 5.82 Å². The zero-order chi connectivity index (χ0) is 32.2. The molecule has 2 unspecified atom stereocenters. The fourth-order valence-corrected chi connectivity index (χ4v) is 8.05. The summed E-state index contributed by atoms with van der Waals surface area (Å²) in [6.45, 7) is 4.94. The average molecular weight is 631 g/mol. The molecule has 0 radical (unpaired) electrons. The van der Waals surface area contributed by atoms with Gasteiger partial charge in [-0.1, -0.05) is 151 Å². The highest BCUT2D eigenvalue weighted by Crippen LogP contribution is 2.53. The van der Waals surface area contributed by atoms with Crippen molar-refractivity contribution in [2.75, 3.05) is 0 Å². The average Bonchev–Trinajstić information content (AvgIpc) is 3.09. The van der Waals surface area contributed by atoms with E-state index < -0.39 is 0 Å². The molecule has 4 heteroatoms. The van der Waals surface area contributed by atoms with Gasteiger partial charge >= 0.3 is 0 Å². The summed E-state index contributed by atoms with van der Waals surface area (Å²) in [5.41, 5.74) is 7.64. The van der Waals surface area contributed by atoms with Crippen LogP contribution in [-0.2, 0) is 24.6 Å². The fourth-order valence-electron chi connectivity index (χ4n) is 6.29. The number of carbonyl (C=O) groups is 1. The van der Waals surface area contributed by atoms with E-state index in [1.165, 1.54) is 39.9 Å². The number of hydrogen-bond donors (Lipinski definition) is 0. The van der Waals surface area contributed by atoms with E-state index in [9.17, 15) is 9.18 Å². The van der Waals surface area contributed by atoms with Gasteiger partial charge in [0, 0.05) is 22.7 Å². The molecule has 5 aromatic carbocycles. The number of carbonyl (C=O) groups excluding carboxylic acids is 1. The maximum atomic E-state index is 14.3. The molecule has 0 amide bonds. The molecule has 0 spiro atoms. The van der Waals surface area contributed by atoms with Gasteiger partial charge in [-0.05, 0) is 64.5 Å². The van der Waals surface area contributed by atoms with Crippen molar-refractivity contribution in [3.63, 3.8) is 0 Å². The Labute approximate surface area is 275 Å². The van der Waals surface area contributed by atoms with E-state index in [0.29, 0.717) is 12.2 Å². The van der Waals surface area contributed by atoms with E-state index in [0.717, 1.165) is 67.8 Å². The summed E-state index contributed by atoms with van der Waals surface area (Å²) in [5.74, 6) is 0.552. The van der Waals surface area contributed by atoms with Crippen molar-refractivity contribution >= 4 is 20.2 Å². The highest BCUT2D eigenvalue weighted by Gasteiger charge is 2.35. The van der Waals surface area contributed by atoms with Crippen LogP contribution in [0.15, 0.2) is 121 Å². The minimum Gasteiger partial charge on any atom is -0.488 e. The van der Waals surface area contributed by atoms with E-state index in [4.69, 9.17) is 4.74 Å². The summed E-state index contributed by atoms with van der Waals surface area (Å²) in [4.78, 5) is 12.2. The van der Waals surface area contributed by atoms with Gasteiger partial charge in [-0.2, -0.15) is 0 Å². The highest BCUT2D eigenvalue weighted by atomic mass is 31.1. The molecule has 0 aromatic heterocycles. The molecule has 0 saturated carbocycles. The Balaban J connectivity index is 1.72. The maximum Gasteiger partial charge on any atom is 0.150 e. The Morgan fingerprint density at radius 2 is 1.35 bits per heavy atom. The van der Waals surface area contributed by atoms with E-state index in [-0.39, 0.29) is 19.6 Å². The zero-order valence-corrected chi connectivity index (χ0v) is 28.0. The molecule has 0 bridgehead atoms. The molecule has 0 N–H and O–H groups in total. The molecule has 0 aliphatic rings. The molecular weight excluding hydrogens is 586 g/mol. The molecule has 236 valence electrons. The monoisotopic (exact) mass is 630 g/mol. The molecular formula is C42H44FO2P. The molecule has 0 aliphatic carbocycles. The number of rotatable bonds is 16. The number of hydrogen-bond acceptors (Lipinski definition) is 2. The molecule has 5 rings (SSSR count). The van der Waals surface area contributed by atoms with Crippen LogP contribution < -0.4 is 10.0 Å². The first-order valence-corrected chi connectivity index (χ1v) is 17.5. The Kier molecular flexibility index (Phi) is 11.9. The largest absolute Gasteiger partial charge is 0.488 e. The normalized spacial score (nSPS) is 12.7. The van der Waals surface area contributed by atoms with Gasteiger partial charge in [-0.25, -0.2) is 4.39 Å². The van der Waals surface area contributed by atoms with Crippen LogP contribution in [0.5, 0.6) is 5.75 Å². The lowest BCUT2D eigenvalue weighted by Crippen LogP contribution is -2.26. The SMILES string of the molecule is CCCCCC(CC)(Pc1ccc(F)cc1C=O)c1cc(Cc2ccccc2)cc(Cc2ccccc2)c1OCc1ccccc1. The van der Waals surface area contributed by atoms with Gasteiger partial charge in [0.05, 0.1) is 0 Å². The lowest BCUT2D eigenvalue weighted by atomic mass is 9.84. The number of halogens is 1. The van der Waals surface area contributed by atoms with Crippen molar-refractivity contribution in [2.45, 2.75) is 70.6 Å². The summed E-state index contributed by atoms with van der Waals surface area (Å²) >= 11 is 0. The first kappa shape index (κ1) is 33.3. The third-order valence-corrected chi connectivity index (χ3v) is 10.9. The number of unbranched alkanes of at least 4 members (excludes halogenated alkanes) is 2. The van der Waals surface area contributed by atoms with E-state index in [1.807, 2.05) is 24.3 Å². The lowest BCUT2D eigenvalue weighted by molar-refractivity contribution is 0.112. The number of benzene rings is 5. The van der Waals surface area contributed by atoms with Crippen LogP contribution >= 0.6 is 8.58 Å². The summed E-state index contributed by atoms with van der Waals surface area (Å²) in [7, 11) is 0.275. The lowest BCUT2D eigenvalue weighted by Gasteiger charge is -2.37. The first-order chi connectivity index (χ1) is 22.5. The third-order valence-electron chi connectivity index (χ3n) is 8.78. The Bertz CT molecular complexity index is 1690. The predicted molar refractivity (Wildman–Crippen MR) is 192 cm³/mol. The van der Waals surface area contributed by atoms with Gasteiger partial charge in [-0.3, -0.25) is 4.79 Å². The second kappa shape index (κ2) is 16.5. The van der Waals surface area contributed by atoms with Crippen molar-refractivity contribution in [3.05, 3.63) is 166 Å². The van der Waals surface area contributed by atoms with Gasteiger partial charge in [0.1, 0.15) is 18.2 Å². The number of ether oxygens (including phenoxy) is 1. The molecule has 0 heterocycles. The van der Waals surface area contributed by atoms with Gasteiger partial charge in [-0.15, -0.1) is 0 Å². The van der Waals surface area contributed by atoms with E-state index in [1.54, 1.807) is 0 Å². The maximum absolute atomic E-state index is 14.3. The van der Waals surface area contributed by atoms with Crippen LogP contribution in [0.2, 0.25) is 0 Å². The van der Waals surface area contributed by atoms with Crippen LogP contribution in [0.3, 0.4) is 0 Å². The third kappa shape index (κ3) is 8.59. The molecule has 5 aromatic rings. The summed E-state index contributed by atoms with van der Waals surface area (Å²) < 4.78 is 21.2. The summed E-state index contributed by atoms with van der Waals surface area (Å²) in [6, 6.07) is 40.9. The van der Waals surface area contributed by atoms with Crippen molar-refractivity contribution in [3.8, 4) is 5.75 Å². The molecule has 2 atom stereocenters. The van der Waals surface area contributed by atoms with Crippen molar-refractivity contribution in [1.82, 2.24) is 0 Å². The second-order valence-electron chi connectivity index (χ2n) is 12.1. The van der Waals surface area contributed by atoms with Gasteiger partial charge in [0.2, 0.25) is 0 Å². The Morgan fingerprint density at radius 3 is 1.96 bits per heavy atom. The smallest absolute Gasteiger partial charge is 0.150 e. The molecule has 46 heavy (non-hydrogen) atoms. The number of aldehydes is 1. The predicted octanol–water partition coefficient (Wildman–Crippen LogP) is 10.6. The van der Waals surface area contributed by atoms with Crippen LogP contribution in [0.1, 0.15) is 89.7 Å². The van der Waals surface area contributed by atoms with Crippen LogP contribution in [0.4, 0.5) is 4.39 Å². The second-order valence-corrected chi connectivity index (χ2v) is 13.8. The Morgan fingerprint density at radius 1 is 0.717 bits per heavy atom. The topological polar surface area (TPSA) is 26.3 Å². The van der Waals surface area contributed by atoms with Gasteiger partial charge < -0.3 is 4.74 Å². The highest BCUT2D eigenvalue weighted by molar-refractivity contribution is 7.48. The molecule has 0 fully saturated rings. The van der Waals surface area contributed by atoms with Crippen molar-refractivity contribution in [1.29, 1.82) is 0 Å². The summed E-state index contributed by atoms with van der Waals surface area (Å²) in [6.07, 6.45) is 7.47. The van der Waals surface area contributed by atoms with E-state index in [2.05, 4.69) is 98.8 Å². The Hall–Kier alpha value is -4.07. The molecule has 2 nitrogen and oxygen atoms in total. The minimum absolute atomic E-state index is 0.275. The fraction of sp³-hybridized carbons (Fsp3) is 0.262. The standard InChI is InChI=1S/C42H44FO2P/c1-3-5-15-24-42(4-2,46-40-23-22-38(43)29-37(40)30-44)39-28-35(25-32-16-9-6-10-17-32)27-36(26-33-18-11-7-12-19-33)41(39)45-31-34-20-13-8-14-21-34/h6-14,16-23,27-30,46H,3-5,15,24-26,31H2,1-2H3. The summed E-state index contributed by atoms with van der Waals surface area (Å²) in [5, 5.41) is 0.608. The van der Waals surface area contributed by atoms with Gasteiger partial charge in [0.15, 0.2) is 6.29 Å². The molecule has 0 aliphatic heterocycles. The first-order valence-electron chi connectivity index (χ1n) is 16.5. The van der Waals surface area contributed by atoms with Crippen LogP contribution in [0.25, 0.3) is 0 Å². The van der Waals surface area contributed by atoms with Crippen molar-refractivity contribution < 1.29 is 13.9 Å². The van der Waals surface area contributed by atoms with E-state index >= 15 is 0 Å². The van der Waals surface area contributed by atoms with Crippen LogP contribution in [-0.4, -0.2) is 6.29 Å². The molecule has 0 saturated heterocycles. The van der Waals surface area contributed by atoms with Gasteiger partial charge in [0.25, 0.3) is 0 Å². The minimum atomic E-state index is -0.384. The zero-order valence-electron chi connectivity index (χ0n) is 27.0. The van der Waals surface area contributed by atoms with Crippen molar-refractivity contribution in [2.24, 2.45) is 0 Å². The quantitative estimate of drug-likeness (QED) is 0.0616.